The third-order valence-electron chi connectivity index (χ3n) is 3.17. The van der Waals surface area contributed by atoms with Crippen LogP contribution < -0.4 is 10.1 Å². The molecule has 0 unspecified atom stereocenters. The molecule has 0 aliphatic rings. The fourth-order valence-electron chi connectivity index (χ4n) is 2.06. The number of ether oxygens (including phenoxy) is 1. The molecule has 0 aliphatic carbocycles. The molecule has 6 nitrogen and oxygen atoms in total. The van der Waals surface area contributed by atoms with E-state index in [1.807, 2.05) is 32.0 Å². The van der Waals surface area contributed by atoms with Crippen LogP contribution in [0.2, 0.25) is 0 Å². The van der Waals surface area contributed by atoms with Gasteiger partial charge in [-0.1, -0.05) is 30.3 Å². The third kappa shape index (κ3) is 3.60. The first-order chi connectivity index (χ1) is 10.5. The monoisotopic (exact) mass is 300 g/mol. The van der Waals surface area contributed by atoms with Gasteiger partial charge in [0.2, 0.25) is 0 Å². The summed E-state index contributed by atoms with van der Waals surface area (Å²) in [6.07, 6.45) is 0. The molecule has 2 aromatic rings. The summed E-state index contributed by atoms with van der Waals surface area (Å²) in [6, 6.07) is 11.7. The quantitative estimate of drug-likeness (QED) is 0.679. The second-order valence-electron chi connectivity index (χ2n) is 4.83. The van der Waals surface area contributed by atoms with Crippen molar-refractivity contribution in [1.29, 1.82) is 0 Å². The summed E-state index contributed by atoms with van der Waals surface area (Å²) >= 11 is 0. The van der Waals surface area contributed by atoms with E-state index in [1.54, 1.807) is 12.1 Å². The topological polar surface area (TPSA) is 81.5 Å². The number of nitrogens with zero attached hydrogens (tertiary/aromatic N) is 1. The van der Waals surface area contributed by atoms with Crippen molar-refractivity contribution in [1.82, 2.24) is 0 Å². The third-order valence-corrected chi connectivity index (χ3v) is 3.17. The number of hydrogen-bond acceptors (Lipinski definition) is 4. The van der Waals surface area contributed by atoms with E-state index >= 15 is 0 Å². The van der Waals surface area contributed by atoms with Crippen molar-refractivity contribution in [2.75, 3.05) is 11.9 Å². The van der Waals surface area contributed by atoms with E-state index in [-0.39, 0.29) is 24.0 Å². The van der Waals surface area contributed by atoms with E-state index in [2.05, 4.69) is 5.32 Å². The van der Waals surface area contributed by atoms with Crippen molar-refractivity contribution in [3.05, 3.63) is 63.7 Å². The summed E-state index contributed by atoms with van der Waals surface area (Å²) in [5.74, 6) is -0.292. The molecular formula is C16H16N2O4. The largest absolute Gasteiger partial charge is 0.477 e. The maximum atomic E-state index is 12.0. The second kappa shape index (κ2) is 6.71. The first-order valence-corrected chi connectivity index (χ1v) is 6.71. The highest BCUT2D eigenvalue weighted by molar-refractivity contribution is 5.93. The first-order valence-electron chi connectivity index (χ1n) is 6.71. The molecule has 0 bridgehead atoms. The highest BCUT2D eigenvalue weighted by Crippen LogP contribution is 2.26. The molecule has 0 fully saturated rings. The number of carbonyl (C=O) groups excluding carboxylic acids is 1. The van der Waals surface area contributed by atoms with E-state index < -0.39 is 4.92 Å². The molecule has 114 valence electrons. The molecule has 22 heavy (non-hydrogen) atoms. The van der Waals surface area contributed by atoms with Crippen LogP contribution in [0.15, 0.2) is 42.5 Å². The minimum absolute atomic E-state index is 0.0733. The van der Waals surface area contributed by atoms with Gasteiger partial charge in [0.1, 0.15) is 0 Å². The average molecular weight is 300 g/mol. The lowest BCUT2D eigenvalue weighted by molar-refractivity contribution is -0.385. The fourth-order valence-corrected chi connectivity index (χ4v) is 2.06. The number of anilines is 1. The summed E-state index contributed by atoms with van der Waals surface area (Å²) in [5, 5.41) is 13.6. The molecule has 2 rings (SSSR count). The van der Waals surface area contributed by atoms with Crippen LogP contribution in [0.3, 0.4) is 0 Å². The summed E-state index contributed by atoms with van der Waals surface area (Å²) < 4.78 is 5.26. The van der Waals surface area contributed by atoms with Crippen LogP contribution in [0, 0.1) is 24.0 Å². The van der Waals surface area contributed by atoms with Crippen molar-refractivity contribution in [2.45, 2.75) is 13.8 Å². The minimum Gasteiger partial charge on any atom is -0.477 e. The van der Waals surface area contributed by atoms with E-state index in [9.17, 15) is 14.9 Å². The minimum atomic E-state index is -0.543. The Morgan fingerprint density at radius 2 is 1.77 bits per heavy atom. The standard InChI is InChI=1S/C16H16N2O4/c1-11-6-5-7-12(2)16(11)17-15(19)10-22-14-9-4-3-8-13(14)18(20)21/h3-9H,10H2,1-2H3,(H,17,19). The number of para-hydroxylation sites is 3. The van der Waals surface area contributed by atoms with Crippen LogP contribution in [0.1, 0.15) is 11.1 Å². The summed E-state index contributed by atoms with van der Waals surface area (Å²) in [7, 11) is 0. The van der Waals surface area contributed by atoms with Gasteiger partial charge in [0.15, 0.2) is 12.4 Å². The Morgan fingerprint density at radius 3 is 2.41 bits per heavy atom. The smallest absolute Gasteiger partial charge is 0.310 e. The van der Waals surface area contributed by atoms with Gasteiger partial charge in [0.05, 0.1) is 4.92 Å². The SMILES string of the molecule is Cc1cccc(C)c1NC(=O)COc1ccccc1[N+](=O)[O-]. The van der Waals surface area contributed by atoms with Crippen LogP contribution in [0.4, 0.5) is 11.4 Å². The number of amides is 1. The number of carbonyl (C=O) groups is 1. The Bertz CT molecular complexity index is 693. The van der Waals surface area contributed by atoms with Crippen molar-refractivity contribution in [3.63, 3.8) is 0 Å². The number of nitrogens with one attached hydrogen (secondary N) is 1. The van der Waals surface area contributed by atoms with Gasteiger partial charge in [0, 0.05) is 11.8 Å². The highest BCUT2D eigenvalue weighted by atomic mass is 16.6. The highest BCUT2D eigenvalue weighted by Gasteiger charge is 2.15. The lowest BCUT2D eigenvalue weighted by Crippen LogP contribution is -2.21. The Kier molecular flexibility index (Phi) is 4.73. The van der Waals surface area contributed by atoms with E-state index in [0.29, 0.717) is 0 Å². The lowest BCUT2D eigenvalue weighted by atomic mass is 10.1. The van der Waals surface area contributed by atoms with Gasteiger partial charge >= 0.3 is 5.69 Å². The predicted octanol–water partition coefficient (Wildman–Crippen LogP) is 3.23. The molecule has 0 radical (unpaired) electrons. The van der Waals surface area contributed by atoms with Gasteiger partial charge in [0.25, 0.3) is 5.91 Å². The number of hydrogen-bond donors (Lipinski definition) is 1. The van der Waals surface area contributed by atoms with E-state index in [1.165, 1.54) is 12.1 Å². The number of aryl methyl sites for hydroxylation is 2. The maximum Gasteiger partial charge on any atom is 0.310 e. The summed E-state index contributed by atoms with van der Waals surface area (Å²) in [5.41, 5.74) is 2.46. The Balaban J connectivity index is 2.04. The zero-order valence-corrected chi connectivity index (χ0v) is 12.3. The number of rotatable bonds is 5. The first kappa shape index (κ1) is 15.5. The van der Waals surface area contributed by atoms with Gasteiger partial charge in [-0.2, -0.15) is 0 Å². The molecule has 0 saturated carbocycles. The van der Waals surface area contributed by atoms with Gasteiger partial charge in [-0.15, -0.1) is 0 Å². The Morgan fingerprint density at radius 1 is 1.14 bits per heavy atom. The molecule has 0 saturated heterocycles. The average Bonchev–Trinajstić information content (AvgIpc) is 2.49. The summed E-state index contributed by atoms with van der Waals surface area (Å²) in [4.78, 5) is 22.3. The molecule has 0 aromatic heterocycles. The number of nitro benzene ring substituents is 1. The number of benzene rings is 2. The molecule has 0 atom stereocenters. The van der Waals surface area contributed by atoms with Gasteiger partial charge < -0.3 is 10.1 Å². The van der Waals surface area contributed by atoms with Crippen molar-refractivity contribution in [2.24, 2.45) is 0 Å². The molecule has 1 amide bonds. The van der Waals surface area contributed by atoms with Crippen LogP contribution in [-0.4, -0.2) is 17.4 Å². The van der Waals surface area contributed by atoms with Crippen LogP contribution in [0.5, 0.6) is 5.75 Å². The predicted molar refractivity (Wildman–Crippen MR) is 83.1 cm³/mol. The lowest BCUT2D eigenvalue weighted by Gasteiger charge is -2.12. The van der Waals surface area contributed by atoms with Crippen LogP contribution in [0.25, 0.3) is 0 Å². The maximum absolute atomic E-state index is 12.0. The molecule has 0 spiro atoms. The van der Waals surface area contributed by atoms with Crippen molar-refractivity contribution in [3.8, 4) is 5.75 Å². The van der Waals surface area contributed by atoms with Gasteiger partial charge in [-0.3, -0.25) is 14.9 Å². The zero-order valence-electron chi connectivity index (χ0n) is 12.3. The Labute approximate surface area is 127 Å². The van der Waals surface area contributed by atoms with Gasteiger partial charge in [-0.05, 0) is 31.0 Å². The normalized spacial score (nSPS) is 10.1. The van der Waals surface area contributed by atoms with E-state index in [4.69, 9.17) is 4.74 Å². The Hall–Kier alpha value is -2.89. The second-order valence-corrected chi connectivity index (χ2v) is 4.83. The molecule has 1 N–H and O–H groups in total. The molecule has 0 heterocycles. The van der Waals surface area contributed by atoms with Gasteiger partial charge in [-0.25, -0.2) is 0 Å². The summed E-state index contributed by atoms with van der Waals surface area (Å²) in [6.45, 7) is 3.50. The molecule has 6 heteroatoms. The zero-order chi connectivity index (χ0) is 16.1. The van der Waals surface area contributed by atoms with Crippen LogP contribution in [-0.2, 0) is 4.79 Å². The van der Waals surface area contributed by atoms with E-state index in [0.717, 1.165) is 16.8 Å². The number of nitro groups is 1. The molecule has 0 aliphatic heterocycles. The van der Waals surface area contributed by atoms with Crippen molar-refractivity contribution < 1.29 is 14.5 Å². The molecule has 2 aromatic carbocycles. The van der Waals surface area contributed by atoms with Crippen LogP contribution >= 0.6 is 0 Å². The molecular weight excluding hydrogens is 284 g/mol. The van der Waals surface area contributed by atoms with Crippen molar-refractivity contribution >= 4 is 17.3 Å². The fraction of sp³-hybridized carbons (Fsp3) is 0.188.